The van der Waals surface area contributed by atoms with Crippen molar-refractivity contribution in [1.82, 2.24) is 4.90 Å². The van der Waals surface area contributed by atoms with Gasteiger partial charge in [0.25, 0.3) is 5.91 Å². The second-order valence-electron chi connectivity index (χ2n) is 6.47. The molecule has 27 heavy (non-hydrogen) atoms. The molecule has 0 saturated heterocycles. The average molecular weight is 362 g/mol. The molecule has 1 amide bonds. The Balaban J connectivity index is 1.82. The van der Waals surface area contributed by atoms with Gasteiger partial charge in [0.05, 0.1) is 11.1 Å². The Bertz CT molecular complexity index is 961. The third-order valence-electron chi connectivity index (χ3n) is 4.20. The zero-order valence-electron chi connectivity index (χ0n) is 15.4. The first kappa shape index (κ1) is 18.6. The number of nitrogens with zero attached hydrogens (tertiary/aromatic N) is 1. The van der Waals surface area contributed by atoms with Crippen LogP contribution in [0, 0.1) is 0 Å². The van der Waals surface area contributed by atoms with Crippen molar-refractivity contribution >= 4 is 28.3 Å². The molecule has 0 bridgehead atoms. The highest BCUT2D eigenvalue weighted by Crippen LogP contribution is 2.24. The van der Waals surface area contributed by atoms with E-state index in [4.69, 9.17) is 4.74 Å². The standard InChI is InChI=1S/C22H22N2O3/c1-24(2)14-15-27-22(26)19-12-6-5-11-18(19)21(25)23-20-13-7-9-16-8-3-4-10-17(16)20/h3-13H,14-15H2,1-2H3,(H,23,25). The predicted molar refractivity (Wildman–Crippen MR) is 107 cm³/mol. The number of esters is 1. The van der Waals surface area contributed by atoms with Crippen LogP contribution in [-0.2, 0) is 4.74 Å². The first-order valence-corrected chi connectivity index (χ1v) is 8.76. The molecule has 5 nitrogen and oxygen atoms in total. The zero-order chi connectivity index (χ0) is 19.2. The van der Waals surface area contributed by atoms with Crippen molar-refractivity contribution in [3.05, 3.63) is 77.9 Å². The number of anilines is 1. The number of carbonyl (C=O) groups excluding carboxylic acids is 2. The Morgan fingerprint density at radius 2 is 1.56 bits per heavy atom. The summed E-state index contributed by atoms with van der Waals surface area (Å²) in [6.45, 7) is 0.890. The minimum absolute atomic E-state index is 0.258. The summed E-state index contributed by atoms with van der Waals surface area (Å²) in [5.41, 5.74) is 1.25. The quantitative estimate of drug-likeness (QED) is 0.678. The molecule has 0 aromatic heterocycles. The summed E-state index contributed by atoms with van der Waals surface area (Å²) in [5.74, 6) is -0.841. The van der Waals surface area contributed by atoms with Crippen molar-refractivity contribution in [2.45, 2.75) is 0 Å². The maximum absolute atomic E-state index is 12.8. The number of carbonyl (C=O) groups is 2. The molecule has 3 rings (SSSR count). The molecule has 0 heterocycles. The van der Waals surface area contributed by atoms with Crippen molar-refractivity contribution in [2.24, 2.45) is 0 Å². The molecule has 3 aromatic carbocycles. The highest BCUT2D eigenvalue weighted by molar-refractivity contribution is 6.13. The van der Waals surface area contributed by atoms with Gasteiger partial charge in [-0.2, -0.15) is 0 Å². The van der Waals surface area contributed by atoms with E-state index in [0.29, 0.717) is 17.8 Å². The molecule has 0 unspecified atom stereocenters. The van der Waals surface area contributed by atoms with Crippen LogP contribution in [0.25, 0.3) is 10.8 Å². The first-order valence-electron chi connectivity index (χ1n) is 8.76. The third-order valence-corrected chi connectivity index (χ3v) is 4.20. The monoisotopic (exact) mass is 362 g/mol. The van der Waals surface area contributed by atoms with E-state index >= 15 is 0 Å². The summed E-state index contributed by atoms with van der Waals surface area (Å²) < 4.78 is 5.29. The molecule has 0 atom stereocenters. The normalized spacial score (nSPS) is 10.8. The van der Waals surface area contributed by atoms with Gasteiger partial charge in [0.15, 0.2) is 0 Å². The predicted octanol–water partition coefficient (Wildman–Crippen LogP) is 3.81. The Labute approximate surface area is 158 Å². The van der Waals surface area contributed by atoms with Crippen LogP contribution < -0.4 is 5.32 Å². The number of nitrogens with one attached hydrogen (secondary N) is 1. The number of ether oxygens (including phenoxy) is 1. The molecule has 0 spiro atoms. The Kier molecular flexibility index (Phi) is 5.84. The number of benzene rings is 3. The minimum Gasteiger partial charge on any atom is -0.461 e. The third kappa shape index (κ3) is 4.51. The molecule has 138 valence electrons. The van der Waals surface area contributed by atoms with Gasteiger partial charge >= 0.3 is 5.97 Å². The van der Waals surface area contributed by atoms with Gasteiger partial charge in [-0.1, -0.05) is 48.5 Å². The van der Waals surface area contributed by atoms with Gasteiger partial charge in [-0.05, 0) is 37.7 Å². The second-order valence-corrected chi connectivity index (χ2v) is 6.47. The van der Waals surface area contributed by atoms with E-state index < -0.39 is 5.97 Å². The number of hydrogen-bond acceptors (Lipinski definition) is 4. The van der Waals surface area contributed by atoms with Gasteiger partial charge in [0, 0.05) is 17.6 Å². The lowest BCUT2D eigenvalue weighted by atomic mass is 10.1. The number of fused-ring (bicyclic) bond motifs is 1. The van der Waals surface area contributed by atoms with E-state index in [-0.39, 0.29) is 18.1 Å². The molecular formula is C22H22N2O3. The Hall–Kier alpha value is -3.18. The maximum Gasteiger partial charge on any atom is 0.338 e. The molecule has 5 heteroatoms. The van der Waals surface area contributed by atoms with Gasteiger partial charge in [-0.3, -0.25) is 4.79 Å². The van der Waals surface area contributed by atoms with Crippen molar-refractivity contribution in [1.29, 1.82) is 0 Å². The average Bonchev–Trinajstić information content (AvgIpc) is 2.68. The first-order chi connectivity index (χ1) is 13.1. The lowest BCUT2D eigenvalue weighted by Crippen LogP contribution is -2.22. The van der Waals surface area contributed by atoms with Crippen LogP contribution in [0.15, 0.2) is 66.7 Å². The van der Waals surface area contributed by atoms with Crippen LogP contribution in [0.2, 0.25) is 0 Å². The Morgan fingerprint density at radius 3 is 2.33 bits per heavy atom. The summed E-state index contributed by atoms with van der Waals surface area (Å²) in [7, 11) is 3.80. The molecule has 1 N–H and O–H groups in total. The molecule has 0 aliphatic rings. The van der Waals surface area contributed by atoms with E-state index in [1.54, 1.807) is 24.3 Å². The van der Waals surface area contributed by atoms with Gasteiger partial charge in [-0.25, -0.2) is 4.79 Å². The molecule has 0 radical (unpaired) electrons. The highest BCUT2D eigenvalue weighted by atomic mass is 16.5. The molecule has 0 aliphatic heterocycles. The fraction of sp³-hybridized carbons (Fsp3) is 0.182. The van der Waals surface area contributed by atoms with Crippen molar-refractivity contribution in [3.8, 4) is 0 Å². The summed E-state index contributed by atoms with van der Waals surface area (Å²) in [6.07, 6.45) is 0. The van der Waals surface area contributed by atoms with Crippen LogP contribution in [0.4, 0.5) is 5.69 Å². The fourth-order valence-electron chi connectivity index (χ4n) is 2.78. The van der Waals surface area contributed by atoms with Crippen molar-refractivity contribution in [2.75, 3.05) is 32.6 Å². The van der Waals surface area contributed by atoms with Gasteiger partial charge < -0.3 is 15.0 Å². The molecule has 3 aromatic rings. The molecule has 0 aliphatic carbocycles. The summed E-state index contributed by atoms with van der Waals surface area (Å²) in [6, 6.07) is 20.2. The number of hydrogen-bond donors (Lipinski definition) is 1. The van der Waals surface area contributed by atoms with Gasteiger partial charge in [0.1, 0.15) is 6.61 Å². The van der Waals surface area contributed by atoms with E-state index in [9.17, 15) is 9.59 Å². The van der Waals surface area contributed by atoms with Gasteiger partial charge in [0.2, 0.25) is 0 Å². The smallest absolute Gasteiger partial charge is 0.338 e. The summed E-state index contributed by atoms with van der Waals surface area (Å²) >= 11 is 0. The van der Waals surface area contributed by atoms with Crippen LogP contribution in [0.5, 0.6) is 0 Å². The molecular weight excluding hydrogens is 340 g/mol. The fourth-order valence-corrected chi connectivity index (χ4v) is 2.78. The van der Waals surface area contributed by atoms with Crippen molar-refractivity contribution < 1.29 is 14.3 Å². The van der Waals surface area contributed by atoms with E-state index in [0.717, 1.165) is 10.8 Å². The van der Waals surface area contributed by atoms with Crippen molar-refractivity contribution in [3.63, 3.8) is 0 Å². The van der Waals surface area contributed by atoms with E-state index in [1.807, 2.05) is 61.5 Å². The van der Waals surface area contributed by atoms with Gasteiger partial charge in [-0.15, -0.1) is 0 Å². The topological polar surface area (TPSA) is 58.6 Å². The zero-order valence-corrected chi connectivity index (χ0v) is 15.4. The maximum atomic E-state index is 12.8. The minimum atomic E-state index is -0.500. The second kappa shape index (κ2) is 8.47. The lowest BCUT2D eigenvalue weighted by molar-refractivity contribution is 0.0479. The lowest BCUT2D eigenvalue weighted by Gasteiger charge is -2.13. The van der Waals surface area contributed by atoms with E-state index in [1.165, 1.54) is 0 Å². The van der Waals surface area contributed by atoms with Crippen LogP contribution in [-0.4, -0.2) is 44.0 Å². The number of likely N-dealkylation sites (N-methyl/N-ethyl adjacent to an activating group) is 1. The van der Waals surface area contributed by atoms with Crippen LogP contribution >= 0.6 is 0 Å². The largest absolute Gasteiger partial charge is 0.461 e. The van der Waals surface area contributed by atoms with Crippen LogP contribution in [0.1, 0.15) is 20.7 Å². The van der Waals surface area contributed by atoms with E-state index in [2.05, 4.69) is 5.32 Å². The number of rotatable bonds is 6. The highest BCUT2D eigenvalue weighted by Gasteiger charge is 2.18. The molecule has 0 fully saturated rings. The Morgan fingerprint density at radius 1 is 0.889 bits per heavy atom. The molecule has 0 saturated carbocycles. The van der Waals surface area contributed by atoms with Crippen LogP contribution in [0.3, 0.4) is 0 Å². The summed E-state index contributed by atoms with van der Waals surface area (Å²) in [4.78, 5) is 27.2. The number of amides is 1. The summed E-state index contributed by atoms with van der Waals surface area (Å²) in [5, 5.41) is 4.89. The SMILES string of the molecule is CN(C)CCOC(=O)c1ccccc1C(=O)Nc1cccc2ccccc12.